The van der Waals surface area contributed by atoms with Crippen molar-refractivity contribution in [2.45, 2.75) is 57.4 Å². The van der Waals surface area contributed by atoms with Crippen LogP contribution in [0.1, 0.15) is 56.9 Å². The Morgan fingerprint density at radius 1 is 1.33 bits per heavy atom. The van der Waals surface area contributed by atoms with Gasteiger partial charge in [0.1, 0.15) is 11.6 Å². The summed E-state index contributed by atoms with van der Waals surface area (Å²) in [7, 11) is 0. The van der Waals surface area contributed by atoms with Gasteiger partial charge in [-0.15, -0.1) is 0 Å². The molecule has 1 aliphatic carbocycles. The van der Waals surface area contributed by atoms with Gasteiger partial charge in [0.25, 0.3) is 0 Å². The fourth-order valence-corrected chi connectivity index (χ4v) is 4.29. The van der Waals surface area contributed by atoms with Crippen LogP contribution in [-0.2, 0) is 0 Å². The van der Waals surface area contributed by atoms with Gasteiger partial charge in [-0.1, -0.05) is 30.9 Å². The van der Waals surface area contributed by atoms with E-state index in [0.29, 0.717) is 18.5 Å². The number of nitrogens with one attached hydrogen (secondary N) is 1. The third-order valence-electron chi connectivity index (χ3n) is 6.13. The third kappa shape index (κ3) is 4.43. The summed E-state index contributed by atoms with van der Waals surface area (Å²) in [5, 5.41) is 17.8. The van der Waals surface area contributed by atoms with Crippen LogP contribution < -0.4 is 10.2 Å². The number of allylic oxidation sites excluding steroid dienone is 3. The van der Waals surface area contributed by atoms with E-state index in [4.69, 9.17) is 4.98 Å². The fraction of sp³-hybridized carbons (Fsp3) is 0.500. The highest BCUT2D eigenvalue weighted by Gasteiger charge is 2.30. The smallest absolute Gasteiger partial charge is 0.163 e. The molecule has 3 heterocycles. The van der Waals surface area contributed by atoms with Crippen LogP contribution in [0.3, 0.4) is 0 Å². The Labute approximate surface area is 179 Å². The maximum Gasteiger partial charge on any atom is 0.163 e. The van der Waals surface area contributed by atoms with Gasteiger partial charge in [-0.2, -0.15) is 9.61 Å². The van der Waals surface area contributed by atoms with Gasteiger partial charge >= 0.3 is 0 Å². The second-order valence-electron chi connectivity index (χ2n) is 8.29. The van der Waals surface area contributed by atoms with Crippen LogP contribution in [-0.4, -0.2) is 45.4 Å². The van der Waals surface area contributed by atoms with E-state index in [1.807, 2.05) is 35.9 Å². The molecule has 0 bridgehead atoms. The van der Waals surface area contributed by atoms with Crippen molar-refractivity contribution >= 4 is 17.3 Å². The van der Waals surface area contributed by atoms with Crippen molar-refractivity contribution in [3.8, 4) is 0 Å². The number of piperidine rings is 1. The summed E-state index contributed by atoms with van der Waals surface area (Å²) in [5.41, 5.74) is 3.33. The lowest BCUT2D eigenvalue weighted by atomic mass is 9.99. The standard InChI is InChI=1S/C24H33N5O/c1-3-5-8-18(4-2)16-25-22-15-23(28-13-7-6-9-20(28)12-14-30)27-24-21(19-10-11-19)17-26-29(22)24/h3-5,8,15,17,19-20,25,30H,2,6-7,9-14,16H2,1H3/b5-3-,18-8+/t20-/m0/s1. The van der Waals surface area contributed by atoms with Gasteiger partial charge in [-0.05, 0) is 56.9 Å². The van der Waals surface area contributed by atoms with Gasteiger partial charge in [-0.3, -0.25) is 0 Å². The molecule has 1 atom stereocenters. The van der Waals surface area contributed by atoms with Gasteiger partial charge in [0.15, 0.2) is 5.65 Å². The molecule has 1 saturated carbocycles. The van der Waals surface area contributed by atoms with Crippen molar-refractivity contribution < 1.29 is 5.11 Å². The SMILES string of the molecule is C=C/C(=C\C=C/C)CNc1cc(N2CCCC[C@H]2CCO)nc2c(C3CC3)cnn12. The molecule has 160 valence electrons. The molecule has 0 amide bonds. The summed E-state index contributed by atoms with van der Waals surface area (Å²) >= 11 is 0. The quantitative estimate of drug-likeness (QED) is 0.601. The van der Waals surface area contributed by atoms with E-state index in [1.54, 1.807) is 0 Å². The van der Waals surface area contributed by atoms with Crippen LogP contribution in [0.4, 0.5) is 11.6 Å². The Morgan fingerprint density at radius 2 is 2.20 bits per heavy atom. The molecule has 6 nitrogen and oxygen atoms in total. The molecular weight excluding hydrogens is 374 g/mol. The molecule has 1 saturated heterocycles. The van der Waals surface area contributed by atoms with E-state index < -0.39 is 0 Å². The Bertz CT molecular complexity index is 938. The van der Waals surface area contributed by atoms with E-state index >= 15 is 0 Å². The molecule has 2 aliphatic rings. The summed E-state index contributed by atoms with van der Waals surface area (Å²) in [6.45, 7) is 7.82. The van der Waals surface area contributed by atoms with E-state index in [2.05, 4.69) is 34.0 Å². The second kappa shape index (κ2) is 9.47. The van der Waals surface area contributed by atoms with Crippen molar-refractivity contribution in [3.05, 3.63) is 54.3 Å². The first-order valence-corrected chi connectivity index (χ1v) is 11.2. The average Bonchev–Trinajstić information content (AvgIpc) is 3.53. The molecule has 2 N–H and O–H groups in total. The molecular formula is C24H33N5O. The van der Waals surface area contributed by atoms with Gasteiger partial charge in [-0.25, -0.2) is 4.98 Å². The topological polar surface area (TPSA) is 65.7 Å². The molecule has 2 aromatic rings. The summed E-state index contributed by atoms with van der Waals surface area (Å²) < 4.78 is 1.94. The average molecular weight is 408 g/mol. The zero-order valence-electron chi connectivity index (χ0n) is 17.9. The first-order valence-electron chi connectivity index (χ1n) is 11.2. The van der Waals surface area contributed by atoms with E-state index in [-0.39, 0.29) is 6.61 Å². The maximum absolute atomic E-state index is 9.55. The first kappa shape index (κ1) is 20.7. The normalized spacial score (nSPS) is 20.3. The van der Waals surface area contributed by atoms with Crippen molar-refractivity contribution in [2.24, 2.45) is 0 Å². The highest BCUT2D eigenvalue weighted by atomic mass is 16.3. The lowest BCUT2D eigenvalue weighted by molar-refractivity contribution is 0.262. The number of aliphatic hydroxyl groups is 1. The van der Waals surface area contributed by atoms with Gasteiger partial charge in [0.05, 0.1) is 6.20 Å². The molecule has 6 heteroatoms. The summed E-state index contributed by atoms with van der Waals surface area (Å²) in [6.07, 6.45) is 16.7. The largest absolute Gasteiger partial charge is 0.396 e. The van der Waals surface area contributed by atoms with Crippen LogP contribution >= 0.6 is 0 Å². The predicted octanol–water partition coefficient (Wildman–Crippen LogP) is 4.45. The minimum Gasteiger partial charge on any atom is -0.396 e. The van der Waals surface area contributed by atoms with Crippen LogP contribution in [0.25, 0.3) is 5.65 Å². The molecule has 1 aliphatic heterocycles. The van der Waals surface area contributed by atoms with Gasteiger partial charge in [0.2, 0.25) is 0 Å². The molecule has 30 heavy (non-hydrogen) atoms. The van der Waals surface area contributed by atoms with Crippen molar-refractivity contribution in [3.63, 3.8) is 0 Å². The monoisotopic (exact) mass is 407 g/mol. The van der Waals surface area contributed by atoms with Crippen LogP contribution in [0, 0.1) is 0 Å². The lowest BCUT2D eigenvalue weighted by Gasteiger charge is -2.36. The second-order valence-corrected chi connectivity index (χ2v) is 8.29. The van der Waals surface area contributed by atoms with Crippen molar-refractivity contribution in [1.29, 1.82) is 0 Å². The Hall–Kier alpha value is -2.60. The zero-order chi connectivity index (χ0) is 20.9. The highest BCUT2D eigenvalue weighted by Crippen LogP contribution is 2.42. The number of hydrogen-bond acceptors (Lipinski definition) is 5. The molecule has 2 aromatic heterocycles. The summed E-state index contributed by atoms with van der Waals surface area (Å²) in [5.74, 6) is 2.53. The van der Waals surface area contributed by atoms with E-state index in [9.17, 15) is 5.11 Å². The minimum absolute atomic E-state index is 0.215. The number of nitrogens with zero attached hydrogens (tertiary/aromatic N) is 4. The molecule has 0 aromatic carbocycles. The number of hydrogen-bond donors (Lipinski definition) is 2. The Morgan fingerprint density at radius 3 is 2.93 bits per heavy atom. The highest BCUT2D eigenvalue weighted by molar-refractivity contribution is 5.63. The minimum atomic E-state index is 0.215. The Balaban J connectivity index is 1.70. The lowest BCUT2D eigenvalue weighted by Crippen LogP contribution is -2.40. The number of aromatic nitrogens is 3. The number of aliphatic hydroxyl groups excluding tert-OH is 1. The molecule has 4 rings (SSSR count). The number of anilines is 2. The third-order valence-corrected chi connectivity index (χ3v) is 6.13. The van der Waals surface area contributed by atoms with Crippen LogP contribution in [0.15, 0.2) is 48.7 Å². The van der Waals surface area contributed by atoms with E-state index in [0.717, 1.165) is 42.2 Å². The molecule has 0 spiro atoms. The van der Waals surface area contributed by atoms with Crippen LogP contribution in [0.2, 0.25) is 0 Å². The van der Waals surface area contributed by atoms with Crippen molar-refractivity contribution in [2.75, 3.05) is 29.9 Å². The van der Waals surface area contributed by atoms with Crippen LogP contribution in [0.5, 0.6) is 0 Å². The number of rotatable bonds is 9. The zero-order valence-corrected chi connectivity index (χ0v) is 17.9. The number of fused-ring (bicyclic) bond motifs is 1. The maximum atomic E-state index is 9.55. The Kier molecular flexibility index (Phi) is 6.53. The summed E-state index contributed by atoms with van der Waals surface area (Å²) in [6, 6.07) is 2.46. The molecule has 0 radical (unpaired) electrons. The predicted molar refractivity (Wildman–Crippen MR) is 123 cm³/mol. The first-order chi connectivity index (χ1) is 14.7. The van der Waals surface area contributed by atoms with E-state index in [1.165, 1.54) is 31.2 Å². The fourth-order valence-electron chi connectivity index (χ4n) is 4.29. The van der Waals surface area contributed by atoms with Crippen molar-refractivity contribution in [1.82, 2.24) is 14.6 Å². The van der Waals surface area contributed by atoms with Gasteiger partial charge < -0.3 is 15.3 Å². The molecule has 2 fully saturated rings. The molecule has 0 unspecified atom stereocenters. The summed E-state index contributed by atoms with van der Waals surface area (Å²) in [4.78, 5) is 7.46. The van der Waals surface area contributed by atoms with Gasteiger partial charge in [0, 0.05) is 37.4 Å².